The number of unbranched alkanes of at least 4 members (excludes halogenated alkanes) is 1. The van der Waals surface area contributed by atoms with Crippen LogP contribution in [0.5, 0.6) is 0 Å². The fraction of sp³-hybridized carbons (Fsp3) is 0.714. The molecule has 0 aliphatic heterocycles. The molecule has 0 saturated heterocycles. The molecule has 108 valence electrons. The van der Waals surface area contributed by atoms with Gasteiger partial charge in [-0.15, -0.1) is 0 Å². The van der Waals surface area contributed by atoms with Crippen molar-refractivity contribution >= 4 is 5.97 Å². The maximum Gasteiger partial charge on any atom is 0.325 e. The van der Waals surface area contributed by atoms with Gasteiger partial charge in [-0.2, -0.15) is 5.10 Å². The highest BCUT2D eigenvalue weighted by atomic mass is 16.5. The van der Waals surface area contributed by atoms with Crippen LogP contribution in [0.4, 0.5) is 0 Å². The van der Waals surface area contributed by atoms with E-state index in [1.807, 2.05) is 37.7 Å². The highest BCUT2D eigenvalue weighted by Crippen LogP contribution is 2.16. The first kappa shape index (κ1) is 15.7. The predicted octanol–water partition coefficient (Wildman–Crippen LogP) is 1.90. The fourth-order valence-electron chi connectivity index (χ4n) is 2.22. The Morgan fingerprint density at radius 2 is 2.26 bits per heavy atom. The summed E-state index contributed by atoms with van der Waals surface area (Å²) < 4.78 is 6.81. The van der Waals surface area contributed by atoms with E-state index in [4.69, 9.17) is 4.74 Å². The van der Waals surface area contributed by atoms with E-state index >= 15 is 0 Å². The molecule has 5 nitrogen and oxygen atoms in total. The number of aryl methyl sites for hydroxylation is 2. The van der Waals surface area contributed by atoms with Gasteiger partial charge in [0.05, 0.1) is 12.8 Å². The summed E-state index contributed by atoms with van der Waals surface area (Å²) >= 11 is 0. The van der Waals surface area contributed by atoms with Gasteiger partial charge in [-0.3, -0.25) is 9.48 Å². The molecule has 1 aromatic heterocycles. The van der Waals surface area contributed by atoms with Gasteiger partial charge in [0, 0.05) is 12.7 Å². The topological polar surface area (TPSA) is 56.2 Å². The van der Waals surface area contributed by atoms with Crippen LogP contribution < -0.4 is 5.32 Å². The van der Waals surface area contributed by atoms with Crippen LogP contribution in [0, 0.1) is 6.92 Å². The Kier molecular flexibility index (Phi) is 6.02. The van der Waals surface area contributed by atoms with Crippen LogP contribution in [-0.2, 0) is 16.1 Å². The van der Waals surface area contributed by atoms with E-state index in [1.54, 1.807) is 0 Å². The van der Waals surface area contributed by atoms with Gasteiger partial charge in [0.25, 0.3) is 0 Å². The lowest BCUT2D eigenvalue weighted by Gasteiger charge is -2.27. The molecule has 0 radical (unpaired) electrons. The number of hydrogen-bond donors (Lipinski definition) is 1. The first-order valence-electron chi connectivity index (χ1n) is 6.85. The number of nitrogens with zero attached hydrogens (tertiary/aromatic N) is 2. The molecular weight excluding hydrogens is 242 g/mol. The zero-order chi connectivity index (χ0) is 14.3. The van der Waals surface area contributed by atoms with E-state index in [1.165, 1.54) is 7.11 Å². The van der Waals surface area contributed by atoms with E-state index in [0.29, 0.717) is 0 Å². The Balaban J connectivity index is 2.38. The van der Waals surface area contributed by atoms with Gasteiger partial charge in [0.2, 0.25) is 0 Å². The molecule has 1 rings (SSSR count). The van der Waals surface area contributed by atoms with Gasteiger partial charge in [-0.1, -0.05) is 6.92 Å². The molecule has 0 saturated carbocycles. The Bertz CT molecular complexity index is 403. The number of rotatable bonds is 8. The summed E-state index contributed by atoms with van der Waals surface area (Å²) in [6.07, 6.45) is 4.71. The van der Waals surface area contributed by atoms with Crippen molar-refractivity contribution in [3.05, 3.63) is 18.0 Å². The minimum Gasteiger partial charge on any atom is -0.468 e. The molecule has 0 aliphatic carbocycles. The zero-order valence-electron chi connectivity index (χ0n) is 12.4. The molecule has 5 heteroatoms. The highest BCUT2D eigenvalue weighted by molar-refractivity contribution is 5.80. The number of esters is 1. The van der Waals surface area contributed by atoms with E-state index in [0.717, 1.165) is 38.0 Å². The maximum absolute atomic E-state index is 11.8. The summed E-state index contributed by atoms with van der Waals surface area (Å²) in [6.45, 7) is 7.52. The van der Waals surface area contributed by atoms with Crippen LogP contribution in [0.1, 0.15) is 38.8 Å². The minimum atomic E-state index is -0.580. The van der Waals surface area contributed by atoms with Gasteiger partial charge in [0.1, 0.15) is 5.54 Å². The standard InChI is InChI=1S/C14H25N3O2/c1-5-15-14(3,13(18)19-4)9-6-7-10-17-11-8-12(2)16-17/h8,11,15H,5-7,9-10H2,1-4H3. The number of aromatic nitrogens is 2. The lowest BCUT2D eigenvalue weighted by Crippen LogP contribution is -2.50. The summed E-state index contributed by atoms with van der Waals surface area (Å²) in [6, 6.07) is 2.00. The molecule has 1 N–H and O–H groups in total. The average molecular weight is 267 g/mol. The van der Waals surface area contributed by atoms with Crippen LogP contribution >= 0.6 is 0 Å². The van der Waals surface area contributed by atoms with Crippen molar-refractivity contribution in [2.45, 2.75) is 52.1 Å². The van der Waals surface area contributed by atoms with Crippen molar-refractivity contribution in [3.63, 3.8) is 0 Å². The second-order valence-electron chi connectivity index (χ2n) is 5.03. The minimum absolute atomic E-state index is 0.190. The molecule has 0 spiro atoms. The van der Waals surface area contributed by atoms with Gasteiger partial charge in [-0.25, -0.2) is 0 Å². The Hall–Kier alpha value is -1.36. The second-order valence-corrected chi connectivity index (χ2v) is 5.03. The molecule has 1 heterocycles. The SMILES string of the molecule is CCNC(C)(CCCCn1ccc(C)n1)C(=O)OC. The van der Waals surface area contributed by atoms with Crippen molar-refractivity contribution in [1.29, 1.82) is 0 Å². The van der Waals surface area contributed by atoms with E-state index in [2.05, 4.69) is 10.4 Å². The van der Waals surface area contributed by atoms with Crippen molar-refractivity contribution in [1.82, 2.24) is 15.1 Å². The van der Waals surface area contributed by atoms with Crippen LogP contribution in [0.2, 0.25) is 0 Å². The smallest absolute Gasteiger partial charge is 0.325 e. The highest BCUT2D eigenvalue weighted by Gasteiger charge is 2.32. The van der Waals surface area contributed by atoms with E-state index < -0.39 is 5.54 Å². The Morgan fingerprint density at radius 1 is 1.53 bits per heavy atom. The van der Waals surface area contributed by atoms with Crippen LogP contribution in [0.3, 0.4) is 0 Å². The maximum atomic E-state index is 11.8. The third kappa shape index (κ3) is 4.67. The largest absolute Gasteiger partial charge is 0.468 e. The Morgan fingerprint density at radius 3 is 2.79 bits per heavy atom. The van der Waals surface area contributed by atoms with Gasteiger partial charge < -0.3 is 10.1 Å². The van der Waals surface area contributed by atoms with E-state index in [9.17, 15) is 4.79 Å². The van der Waals surface area contributed by atoms with Crippen LogP contribution in [0.15, 0.2) is 12.3 Å². The summed E-state index contributed by atoms with van der Waals surface area (Å²) in [5.41, 5.74) is 0.454. The molecule has 0 fully saturated rings. The van der Waals surface area contributed by atoms with Crippen molar-refractivity contribution in [2.24, 2.45) is 0 Å². The van der Waals surface area contributed by atoms with Crippen molar-refractivity contribution in [3.8, 4) is 0 Å². The fourth-order valence-corrected chi connectivity index (χ4v) is 2.22. The molecule has 0 aliphatic rings. The summed E-state index contributed by atoms with van der Waals surface area (Å²) in [5, 5.41) is 7.56. The van der Waals surface area contributed by atoms with Crippen molar-refractivity contribution in [2.75, 3.05) is 13.7 Å². The Labute approximate surface area is 115 Å². The average Bonchev–Trinajstić information content (AvgIpc) is 2.80. The molecule has 0 bridgehead atoms. The number of hydrogen-bond acceptors (Lipinski definition) is 4. The molecule has 1 unspecified atom stereocenters. The van der Waals surface area contributed by atoms with Gasteiger partial charge in [0.15, 0.2) is 0 Å². The molecule has 0 aromatic carbocycles. The zero-order valence-corrected chi connectivity index (χ0v) is 12.4. The number of nitrogens with one attached hydrogen (secondary N) is 1. The number of ether oxygens (including phenoxy) is 1. The first-order valence-corrected chi connectivity index (χ1v) is 6.85. The lowest BCUT2D eigenvalue weighted by atomic mass is 9.95. The molecular formula is C14H25N3O2. The molecule has 1 aromatic rings. The van der Waals surface area contributed by atoms with Gasteiger partial charge in [-0.05, 0) is 45.7 Å². The van der Waals surface area contributed by atoms with Crippen LogP contribution in [0.25, 0.3) is 0 Å². The van der Waals surface area contributed by atoms with E-state index in [-0.39, 0.29) is 5.97 Å². The number of methoxy groups -OCH3 is 1. The second kappa shape index (κ2) is 7.28. The van der Waals surface area contributed by atoms with Crippen molar-refractivity contribution < 1.29 is 9.53 Å². The molecule has 0 amide bonds. The third-order valence-electron chi connectivity index (χ3n) is 3.29. The summed E-state index contributed by atoms with van der Waals surface area (Å²) in [4.78, 5) is 11.8. The first-order chi connectivity index (χ1) is 9.01. The number of carbonyl (C=O) groups excluding carboxylic acids is 1. The van der Waals surface area contributed by atoms with Crippen LogP contribution in [-0.4, -0.2) is 34.9 Å². The number of carbonyl (C=O) groups is 1. The third-order valence-corrected chi connectivity index (χ3v) is 3.29. The lowest BCUT2D eigenvalue weighted by molar-refractivity contribution is -0.148. The number of likely N-dealkylation sites (N-methyl/N-ethyl adjacent to an activating group) is 1. The quantitative estimate of drug-likeness (QED) is 0.577. The molecule has 19 heavy (non-hydrogen) atoms. The molecule has 1 atom stereocenters. The van der Waals surface area contributed by atoms with Gasteiger partial charge >= 0.3 is 5.97 Å². The summed E-state index contributed by atoms with van der Waals surface area (Å²) in [5.74, 6) is -0.190. The predicted molar refractivity (Wildman–Crippen MR) is 74.9 cm³/mol. The normalized spacial score (nSPS) is 14.1. The monoisotopic (exact) mass is 267 g/mol. The summed E-state index contributed by atoms with van der Waals surface area (Å²) in [7, 11) is 1.43.